The van der Waals surface area contributed by atoms with E-state index in [1.165, 1.54) is 41.5 Å². The molecule has 0 amide bonds. The molecule has 9 rings (SSSR count). The molecule has 0 N–H and O–H groups in total. The second kappa shape index (κ2) is 9.92. The van der Waals surface area contributed by atoms with Crippen molar-refractivity contribution in [1.29, 1.82) is 5.26 Å². The van der Waals surface area contributed by atoms with Crippen molar-refractivity contribution in [1.82, 2.24) is 0 Å². The Morgan fingerprint density at radius 1 is 0.511 bits per heavy atom. The molecule has 0 bridgehead atoms. The molecule has 0 atom stereocenters. The molecule has 0 aliphatic carbocycles. The first kappa shape index (κ1) is 25.8. The first-order chi connectivity index (χ1) is 22.3. The summed E-state index contributed by atoms with van der Waals surface area (Å²) in [7, 11) is 0. The molecule has 0 aliphatic heterocycles. The van der Waals surface area contributed by atoms with Crippen LogP contribution >= 0.6 is 0 Å². The number of hydrogen-bond acceptors (Lipinski definition) is 1. The molecule has 45 heavy (non-hydrogen) atoms. The average molecular weight is 634 g/mol. The zero-order chi connectivity index (χ0) is 30.1. The van der Waals surface area contributed by atoms with Crippen molar-refractivity contribution in [3.63, 3.8) is 0 Å². The SMILES string of the molecule is [C-]#[N+]c1c2ccccc2c(-c2ccc3[se]c4c(-c5c6ccccc6c(C#N)c6ccccc56)cccc4c3c2)c2ccccc12. The van der Waals surface area contributed by atoms with Crippen molar-refractivity contribution >= 4 is 82.6 Å². The first-order valence-corrected chi connectivity index (χ1v) is 16.6. The number of fused-ring (bicyclic) bond motifs is 7. The summed E-state index contributed by atoms with van der Waals surface area (Å²) in [4.78, 5) is 3.98. The first-order valence-electron chi connectivity index (χ1n) is 14.9. The Kier molecular flexibility index (Phi) is 5.68. The molecule has 0 unspecified atom stereocenters. The second-order valence-electron chi connectivity index (χ2n) is 11.4. The molecule has 2 nitrogen and oxygen atoms in total. The Bertz CT molecular complexity index is 2680. The Labute approximate surface area is 265 Å². The Balaban J connectivity index is 1.36. The minimum absolute atomic E-state index is 0.119. The molecule has 0 fully saturated rings. The molecule has 8 aromatic carbocycles. The molecule has 0 saturated carbocycles. The van der Waals surface area contributed by atoms with Crippen LogP contribution in [-0.4, -0.2) is 14.5 Å². The third-order valence-electron chi connectivity index (χ3n) is 9.11. The normalized spacial score (nSPS) is 11.5. The van der Waals surface area contributed by atoms with Crippen LogP contribution in [0.3, 0.4) is 0 Å². The van der Waals surface area contributed by atoms with E-state index in [1.807, 2.05) is 24.3 Å². The minimum atomic E-state index is 0.119. The monoisotopic (exact) mass is 634 g/mol. The van der Waals surface area contributed by atoms with Crippen molar-refractivity contribution in [3.05, 3.63) is 150 Å². The molecule has 9 aromatic rings. The van der Waals surface area contributed by atoms with Crippen LogP contribution in [-0.2, 0) is 0 Å². The summed E-state index contributed by atoms with van der Waals surface area (Å²) in [5, 5.41) is 21.2. The third-order valence-corrected chi connectivity index (χ3v) is 11.7. The van der Waals surface area contributed by atoms with Crippen molar-refractivity contribution in [2.75, 3.05) is 0 Å². The van der Waals surface area contributed by atoms with Gasteiger partial charge < -0.3 is 0 Å². The molecule has 0 spiro atoms. The van der Waals surface area contributed by atoms with Crippen LogP contribution in [0.2, 0.25) is 0 Å². The van der Waals surface area contributed by atoms with Crippen LogP contribution in [0.1, 0.15) is 5.56 Å². The zero-order valence-electron chi connectivity index (χ0n) is 24.0. The van der Waals surface area contributed by atoms with Gasteiger partial charge in [0.25, 0.3) is 0 Å². The fraction of sp³-hybridized carbons (Fsp3) is 0. The van der Waals surface area contributed by atoms with Crippen LogP contribution in [0, 0.1) is 17.9 Å². The Hall–Kier alpha value is -5.70. The maximum absolute atomic E-state index is 10.2. The quantitative estimate of drug-likeness (QED) is 0.106. The number of hydrogen-bond donors (Lipinski definition) is 0. The van der Waals surface area contributed by atoms with Gasteiger partial charge in [-0.15, -0.1) is 0 Å². The van der Waals surface area contributed by atoms with Crippen molar-refractivity contribution < 1.29 is 0 Å². The Morgan fingerprint density at radius 3 is 1.58 bits per heavy atom. The van der Waals surface area contributed by atoms with Crippen LogP contribution < -0.4 is 0 Å². The molecule has 0 aliphatic rings. The van der Waals surface area contributed by atoms with Gasteiger partial charge in [-0.25, -0.2) is 0 Å². The van der Waals surface area contributed by atoms with E-state index in [4.69, 9.17) is 6.57 Å². The van der Waals surface area contributed by atoms with Crippen LogP contribution in [0.15, 0.2) is 133 Å². The molecular weight excluding hydrogens is 611 g/mol. The summed E-state index contributed by atoms with van der Waals surface area (Å²) < 4.78 is 2.76. The fourth-order valence-electron chi connectivity index (χ4n) is 7.23. The predicted molar refractivity (Wildman–Crippen MR) is 190 cm³/mol. The molecule has 3 heteroatoms. The van der Waals surface area contributed by atoms with E-state index < -0.39 is 0 Å². The fourth-order valence-corrected chi connectivity index (χ4v) is 9.75. The average Bonchev–Trinajstić information content (AvgIpc) is 3.48. The molecule has 0 radical (unpaired) electrons. The van der Waals surface area contributed by atoms with Gasteiger partial charge in [0, 0.05) is 0 Å². The van der Waals surface area contributed by atoms with Gasteiger partial charge in [0.2, 0.25) is 0 Å². The molecule has 1 heterocycles. The third kappa shape index (κ3) is 3.67. The van der Waals surface area contributed by atoms with E-state index in [1.54, 1.807) is 0 Å². The summed E-state index contributed by atoms with van der Waals surface area (Å²) in [6.45, 7) is 7.99. The predicted octanol–water partition coefficient (Wildman–Crippen LogP) is 11.4. The number of benzene rings is 8. The summed E-state index contributed by atoms with van der Waals surface area (Å²) in [6, 6.07) is 49.5. The van der Waals surface area contributed by atoms with E-state index in [2.05, 4.69) is 120 Å². The van der Waals surface area contributed by atoms with Gasteiger partial charge in [0.1, 0.15) is 0 Å². The number of nitriles is 1. The summed E-state index contributed by atoms with van der Waals surface area (Å²) in [5.41, 5.74) is 6.25. The van der Waals surface area contributed by atoms with Crippen LogP contribution in [0.25, 0.3) is 89.5 Å². The van der Waals surface area contributed by atoms with Gasteiger partial charge in [-0.1, -0.05) is 0 Å². The maximum atomic E-state index is 10.2. The zero-order valence-corrected chi connectivity index (χ0v) is 25.7. The standard InChI is InChI=1S/C42H22N2Se/c1-44-41-32-17-8-6-15-30(32)39(31-16-7-9-18-33(31)41)25-21-22-38-36(23-25)34-19-10-20-35(42(34)45-38)40-28-13-4-2-11-26(28)37(24-43)27-12-3-5-14-29(27)40/h2-23H. The van der Waals surface area contributed by atoms with Gasteiger partial charge in [0.05, 0.1) is 0 Å². The van der Waals surface area contributed by atoms with Crippen molar-refractivity contribution in [2.24, 2.45) is 0 Å². The van der Waals surface area contributed by atoms with Crippen LogP contribution in [0.4, 0.5) is 5.69 Å². The summed E-state index contributed by atoms with van der Waals surface area (Å²) >= 11 is 0.119. The molecule has 1 aromatic heterocycles. The van der Waals surface area contributed by atoms with E-state index in [0.29, 0.717) is 5.69 Å². The summed E-state index contributed by atoms with van der Waals surface area (Å²) in [5.74, 6) is 0. The van der Waals surface area contributed by atoms with E-state index in [9.17, 15) is 5.26 Å². The van der Waals surface area contributed by atoms with Gasteiger partial charge >= 0.3 is 267 Å². The van der Waals surface area contributed by atoms with Crippen LogP contribution in [0.5, 0.6) is 0 Å². The number of nitrogens with zero attached hydrogens (tertiary/aromatic N) is 2. The second-order valence-corrected chi connectivity index (χ2v) is 13.6. The molecular formula is C42H22N2Se. The van der Waals surface area contributed by atoms with E-state index in [-0.39, 0.29) is 14.5 Å². The molecule has 206 valence electrons. The van der Waals surface area contributed by atoms with E-state index >= 15 is 0 Å². The summed E-state index contributed by atoms with van der Waals surface area (Å²) in [6.07, 6.45) is 0. The number of rotatable bonds is 2. The molecule has 0 saturated heterocycles. The van der Waals surface area contributed by atoms with Gasteiger partial charge in [-0.3, -0.25) is 0 Å². The van der Waals surface area contributed by atoms with Gasteiger partial charge in [-0.2, -0.15) is 0 Å². The van der Waals surface area contributed by atoms with Crippen molar-refractivity contribution in [2.45, 2.75) is 0 Å². The van der Waals surface area contributed by atoms with E-state index in [0.717, 1.165) is 48.7 Å². The Morgan fingerprint density at radius 2 is 1.02 bits per heavy atom. The van der Waals surface area contributed by atoms with Gasteiger partial charge in [-0.05, 0) is 0 Å². The van der Waals surface area contributed by atoms with Crippen molar-refractivity contribution in [3.8, 4) is 28.3 Å². The topological polar surface area (TPSA) is 28.1 Å². The van der Waals surface area contributed by atoms with Gasteiger partial charge in [0.15, 0.2) is 0 Å².